The molecule has 2 rings (SSSR count). The predicted octanol–water partition coefficient (Wildman–Crippen LogP) is 4.72. The first-order valence-corrected chi connectivity index (χ1v) is 8.93. The molecular formula is C20H31NO3. The van der Waals surface area contributed by atoms with E-state index in [-0.39, 0.29) is 6.09 Å². The standard InChI is InChI=1S/C20H31NO3/c1-15-8-6-9-16(2)18(15)23-13-11-17-10-7-12-21(14-17)19(22)24-20(3,4)5/h6,8-9,17H,7,10-14H2,1-5H3. The Morgan fingerprint density at radius 2 is 1.92 bits per heavy atom. The van der Waals surface area contributed by atoms with Crippen LogP contribution in [0.15, 0.2) is 18.2 Å². The lowest BCUT2D eigenvalue weighted by Crippen LogP contribution is -2.43. The third kappa shape index (κ3) is 5.43. The average Bonchev–Trinajstić information content (AvgIpc) is 2.49. The van der Waals surface area contributed by atoms with E-state index in [9.17, 15) is 4.79 Å². The molecule has 1 aromatic carbocycles. The van der Waals surface area contributed by atoms with Crippen LogP contribution in [0.5, 0.6) is 5.75 Å². The van der Waals surface area contributed by atoms with E-state index in [1.165, 1.54) is 11.1 Å². The number of carbonyl (C=O) groups is 1. The van der Waals surface area contributed by atoms with Gasteiger partial charge in [0.2, 0.25) is 0 Å². The number of amides is 1. The van der Waals surface area contributed by atoms with Crippen molar-refractivity contribution in [2.75, 3.05) is 19.7 Å². The molecule has 1 atom stereocenters. The lowest BCUT2D eigenvalue weighted by atomic mass is 9.95. The van der Waals surface area contributed by atoms with Gasteiger partial charge in [0.05, 0.1) is 6.61 Å². The maximum Gasteiger partial charge on any atom is 0.410 e. The summed E-state index contributed by atoms with van der Waals surface area (Å²) in [5.74, 6) is 1.48. The molecule has 24 heavy (non-hydrogen) atoms. The maximum atomic E-state index is 12.2. The van der Waals surface area contributed by atoms with E-state index in [1.807, 2.05) is 25.7 Å². The van der Waals surface area contributed by atoms with Gasteiger partial charge in [-0.2, -0.15) is 0 Å². The summed E-state index contributed by atoms with van der Waals surface area (Å²) in [6, 6.07) is 6.21. The van der Waals surface area contributed by atoms with Crippen molar-refractivity contribution >= 4 is 6.09 Å². The highest BCUT2D eigenvalue weighted by Crippen LogP contribution is 2.25. The fourth-order valence-corrected chi connectivity index (χ4v) is 3.15. The molecule has 0 aliphatic carbocycles. The van der Waals surface area contributed by atoms with Crippen molar-refractivity contribution < 1.29 is 14.3 Å². The van der Waals surface area contributed by atoms with Crippen LogP contribution in [-0.4, -0.2) is 36.3 Å². The molecule has 134 valence electrons. The molecule has 1 aliphatic heterocycles. The lowest BCUT2D eigenvalue weighted by Gasteiger charge is -2.34. The second-order valence-corrected chi connectivity index (χ2v) is 7.79. The lowest BCUT2D eigenvalue weighted by molar-refractivity contribution is 0.0154. The van der Waals surface area contributed by atoms with Crippen LogP contribution in [0.25, 0.3) is 0 Å². The Balaban J connectivity index is 1.82. The van der Waals surface area contributed by atoms with Gasteiger partial charge in [0.1, 0.15) is 11.4 Å². The largest absolute Gasteiger partial charge is 0.493 e. The van der Waals surface area contributed by atoms with Gasteiger partial charge in [-0.05, 0) is 70.9 Å². The number of aryl methyl sites for hydroxylation is 2. The second-order valence-electron chi connectivity index (χ2n) is 7.79. The molecule has 1 unspecified atom stereocenters. The molecule has 0 spiro atoms. The van der Waals surface area contributed by atoms with Crippen LogP contribution in [-0.2, 0) is 4.74 Å². The minimum atomic E-state index is -0.435. The van der Waals surface area contributed by atoms with Crippen LogP contribution in [0, 0.1) is 19.8 Å². The van der Waals surface area contributed by atoms with Crippen LogP contribution >= 0.6 is 0 Å². The molecule has 1 aliphatic rings. The van der Waals surface area contributed by atoms with Crippen LogP contribution in [0.4, 0.5) is 4.79 Å². The third-order valence-electron chi connectivity index (χ3n) is 4.35. The monoisotopic (exact) mass is 333 g/mol. The number of rotatable bonds is 4. The van der Waals surface area contributed by atoms with E-state index in [0.29, 0.717) is 12.5 Å². The average molecular weight is 333 g/mol. The molecule has 1 saturated heterocycles. The molecule has 1 fully saturated rings. The molecule has 4 heteroatoms. The summed E-state index contributed by atoms with van der Waals surface area (Å²) in [6.45, 7) is 12.1. The number of piperidine rings is 1. The molecule has 0 radical (unpaired) electrons. The number of nitrogens with zero attached hydrogens (tertiary/aromatic N) is 1. The van der Waals surface area contributed by atoms with E-state index in [0.717, 1.165) is 38.1 Å². The van der Waals surface area contributed by atoms with E-state index in [1.54, 1.807) is 0 Å². The summed E-state index contributed by atoms with van der Waals surface area (Å²) in [6.07, 6.45) is 2.96. The summed E-state index contributed by atoms with van der Waals surface area (Å²) in [7, 11) is 0. The topological polar surface area (TPSA) is 38.8 Å². The third-order valence-corrected chi connectivity index (χ3v) is 4.35. The Hall–Kier alpha value is -1.71. The number of ether oxygens (including phenoxy) is 2. The van der Waals surface area contributed by atoms with Gasteiger partial charge in [0.25, 0.3) is 0 Å². The molecule has 1 amide bonds. The van der Waals surface area contributed by atoms with Gasteiger partial charge in [0.15, 0.2) is 0 Å². The zero-order chi connectivity index (χ0) is 17.7. The highest BCUT2D eigenvalue weighted by Gasteiger charge is 2.27. The first-order chi connectivity index (χ1) is 11.3. The van der Waals surface area contributed by atoms with Gasteiger partial charge in [0, 0.05) is 13.1 Å². The number of benzene rings is 1. The quantitative estimate of drug-likeness (QED) is 0.800. The molecule has 0 N–H and O–H groups in total. The Morgan fingerprint density at radius 1 is 1.25 bits per heavy atom. The van der Waals surface area contributed by atoms with E-state index < -0.39 is 5.60 Å². The van der Waals surface area contributed by atoms with Gasteiger partial charge in [-0.15, -0.1) is 0 Å². The van der Waals surface area contributed by atoms with Crippen LogP contribution in [0.1, 0.15) is 51.2 Å². The van der Waals surface area contributed by atoms with Gasteiger partial charge in [-0.25, -0.2) is 4.79 Å². The van der Waals surface area contributed by atoms with Gasteiger partial charge in [-0.1, -0.05) is 18.2 Å². The van der Waals surface area contributed by atoms with Gasteiger partial charge >= 0.3 is 6.09 Å². The molecule has 1 heterocycles. The van der Waals surface area contributed by atoms with Crippen molar-refractivity contribution in [3.63, 3.8) is 0 Å². The first kappa shape index (κ1) is 18.6. The highest BCUT2D eigenvalue weighted by atomic mass is 16.6. The van der Waals surface area contributed by atoms with E-state index in [4.69, 9.17) is 9.47 Å². The number of hydrogen-bond donors (Lipinski definition) is 0. The van der Waals surface area contributed by atoms with Crippen molar-refractivity contribution in [1.82, 2.24) is 4.90 Å². The summed E-state index contributed by atoms with van der Waals surface area (Å²) >= 11 is 0. The normalized spacial score (nSPS) is 18.4. The highest BCUT2D eigenvalue weighted by molar-refractivity contribution is 5.68. The summed E-state index contributed by atoms with van der Waals surface area (Å²) < 4.78 is 11.5. The number of para-hydroxylation sites is 1. The zero-order valence-corrected chi connectivity index (χ0v) is 15.7. The van der Waals surface area contributed by atoms with Gasteiger partial charge in [-0.3, -0.25) is 0 Å². The minimum absolute atomic E-state index is 0.192. The molecular weight excluding hydrogens is 302 g/mol. The number of carbonyl (C=O) groups excluding carboxylic acids is 1. The zero-order valence-electron chi connectivity index (χ0n) is 15.7. The second kappa shape index (κ2) is 7.91. The van der Waals surface area contributed by atoms with Crippen molar-refractivity contribution in [2.45, 2.75) is 59.5 Å². The van der Waals surface area contributed by atoms with Crippen molar-refractivity contribution in [3.8, 4) is 5.75 Å². The molecule has 0 aromatic heterocycles. The van der Waals surface area contributed by atoms with Crippen molar-refractivity contribution in [2.24, 2.45) is 5.92 Å². The Bertz CT molecular complexity index is 542. The van der Waals surface area contributed by atoms with Crippen molar-refractivity contribution in [3.05, 3.63) is 29.3 Å². The molecule has 0 saturated carbocycles. The van der Waals surface area contributed by atoms with Crippen molar-refractivity contribution in [1.29, 1.82) is 0 Å². The Morgan fingerprint density at radius 3 is 2.54 bits per heavy atom. The Kier molecular flexibility index (Phi) is 6.14. The van der Waals surface area contributed by atoms with Crippen LogP contribution < -0.4 is 4.74 Å². The van der Waals surface area contributed by atoms with Crippen LogP contribution in [0.3, 0.4) is 0 Å². The maximum absolute atomic E-state index is 12.2. The number of likely N-dealkylation sites (tertiary alicyclic amines) is 1. The first-order valence-electron chi connectivity index (χ1n) is 8.93. The molecule has 0 bridgehead atoms. The number of hydrogen-bond acceptors (Lipinski definition) is 3. The summed E-state index contributed by atoms with van der Waals surface area (Å²) in [5, 5.41) is 0. The minimum Gasteiger partial charge on any atom is -0.493 e. The smallest absolute Gasteiger partial charge is 0.410 e. The summed E-state index contributed by atoms with van der Waals surface area (Å²) in [4.78, 5) is 14.1. The molecule has 1 aromatic rings. The van der Waals surface area contributed by atoms with Gasteiger partial charge < -0.3 is 14.4 Å². The molecule has 4 nitrogen and oxygen atoms in total. The van der Waals surface area contributed by atoms with E-state index in [2.05, 4.69) is 32.0 Å². The summed E-state index contributed by atoms with van der Waals surface area (Å²) in [5.41, 5.74) is 1.92. The fraction of sp³-hybridized carbons (Fsp3) is 0.650. The van der Waals surface area contributed by atoms with E-state index >= 15 is 0 Å². The SMILES string of the molecule is Cc1cccc(C)c1OCCC1CCCN(C(=O)OC(C)(C)C)C1. The predicted molar refractivity (Wildman–Crippen MR) is 96.6 cm³/mol. The Labute approximate surface area is 146 Å². The van der Waals surface area contributed by atoms with Crippen LogP contribution in [0.2, 0.25) is 0 Å². The fourth-order valence-electron chi connectivity index (χ4n) is 3.15.